The van der Waals surface area contributed by atoms with Gasteiger partial charge in [-0.15, -0.1) is 0 Å². The maximum absolute atomic E-state index is 12.4. The number of carbonyl (C=O) groups is 2. The van der Waals surface area contributed by atoms with E-state index in [0.717, 1.165) is 25.7 Å². The van der Waals surface area contributed by atoms with Crippen LogP contribution in [0.15, 0.2) is 42.5 Å². The molecule has 2 aromatic rings. The summed E-state index contributed by atoms with van der Waals surface area (Å²) in [5, 5.41) is 2.79. The highest BCUT2D eigenvalue weighted by atomic mass is 16.5. The van der Waals surface area contributed by atoms with Crippen LogP contribution in [-0.4, -0.2) is 32.7 Å². The van der Waals surface area contributed by atoms with E-state index in [1.165, 1.54) is 14.2 Å². The number of ether oxygens (including phenoxy) is 3. The van der Waals surface area contributed by atoms with Crippen LogP contribution >= 0.6 is 0 Å². The number of nitrogens with one attached hydrogen (secondary N) is 1. The molecule has 0 aliphatic heterocycles. The first-order chi connectivity index (χ1) is 13.6. The van der Waals surface area contributed by atoms with Crippen LogP contribution < -0.4 is 14.8 Å². The second kappa shape index (κ2) is 11.0. The molecule has 0 saturated heterocycles. The minimum atomic E-state index is -0.353. The quantitative estimate of drug-likeness (QED) is 0.474. The van der Waals surface area contributed by atoms with E-state index in [-0.39, 0.29) is 11.9 Å². The van der Waals surface area contributed by atoms with E-state index in [2.05, 4.69) is 12.2 Å². The van der Waals surface area contributed by atoms with Gasteiger partial charge in [-0.1, -0.05) is 26.2 Å². The van der Waals surface area contributed by atoms with Crippen LogP contribution in [-0.2, 0) is 4.74 Å². The Balaban J connectivity index is 1.93. The number of esters is 1. The number of carbonyl (C=O) groups excluding carboxylic acids is 2. The van der Waals surface area contributed by atoms with Crippen LogP contribution in [0.3, 0.4) is 0 Å². The summed E-state index contributed by atoms with van der Waals surface area (Å²) in [5.74, 6) is 0.394. The van der Waals surface area contributed by atoms with Crippen LogP contribution in [0, 0.1) is 0 Å². The van der Waals surface area contributed by atoms with Gasteiger partial charge in [0.15, 0.2) is 11.5 Å². The van der Waals surface area contributed by atoms with Crippen molar-refractivity contribution in [3.05, 3.63) is 53.6 Å². The fraction of sp³-hybridized carbons (Fsp3) is 0.364. The zero-order valence-electron chi connectivity index (χ0n) is 16.6. The number of hydrogen-bond donors (Lipinski definition) is 1. The monoisotopic (exact) mass is 385 g/mol. The van der Waals surface area contributed by atoms with Gasteiger partial charge in [-0.25, -0.2) is 4.79 Å². The third kappa shape index (κ3) is 6.01. The Morgan fingerprint density at radius 3 is 2.18 bits per heavy atom. The normalized spacial score (nSPS) is 10.2. The van der Waals surface area contributed by atoms with Gasteiger partial charge < -0.3 is 19.5 Å². The highest BCUT2D eigenvalue weighted by Gasteiger charge is 2.12. The molecule has 0 fully saturated rings. The third-order valence-corrected chi connectivity index (χ3v) is 4.26. The Kier molecular flexibility index (Phi) is 8.34. The Morgan fingerprint density at radius 2 is 1.54 bits per heavy atom. The van der Waals surface area contributed by atoms with Gasteiger partial charge in [-0.3, -0.25) is 4.79 Å². The first-order valence-electron chi connectivity index (χ1n) is 9.39. The standard InChI is InChI=1S/C22H27NO5/c1-4-5-6-7-14-28-22(25)16-8-11-18(12-9-16)23-21(24)17-10-13-19(26-2)20(15-17)27-3/h8-13,15H,4-7,14H2,1-3H3,(H,23,24). The highest BCUT2D eigenvalue weighted by molar-refractivity contribution is 6.04. The number of methoxy groups -OCH3 is 2. The number of hydrogen-bond acceptors (Lipinski definition) is 5. The van der Waals surface area contributed by atoms with Crippen LogP contribution in [0.25, 0.3) is 0 Å². The number of benzene rings is 2. The minimum Gasteiger partial charge on any atom is -0.493 e. The molecule has 6 nitrogen and oxygen atoms in total. The zero-order chi connectivity index (χ0) is 20.4. The second-order valence-corrected chi connectivity index (χ2v) is 6.30. The van der Waals surface area contributed by atoms with E-state index in [9.17, 15) is 9.59 Å². The van der Waals surface area contributed by atoms with E-state index < -0.39 is 0 Å². The molecule has 150 valence electrons. The number of rotatable bonds is 10. The summed E-state index contributed by atoms with van der Waals surface area (Å²) in [5.41, 5.74) is 1.48. The van der Waals surface area contributed by atoms with Crippen molar-refractivity contribution in [3.63, 3.8) is 0 Å². The van der Waals surface area contributed by atoms with E-state index >= 15 is 0 Å². The van der Waals surface area contributed by atoms with Gasteiger partial charge in [0.05, 0.1) is 26.4 Å². The molecular weight excluding hydrogens is 358 g/mol. The lowest BCUT2D eigenvalue weighted by molar-refractivity contribution is 0.0497. The molecule has 0 radical (unpaired) electrons. The number of amides is 1. The van der Waals surface area contributed by atoms with Crippen LogP contribution in [0.5, 0.6) is 11.5 Å². The molecule has 2 aromatic carbocycles. The van der Waals surface area contributed by atoms with Gasteiger partial charge in [0, 0.05) is 11.3 Å². The van der Waals surface area contributed by atoms with Crippen molar-refractivity contribution in [1.82, 2.24) is 0 Å². The molecule has 0 atom stereocenters. The maximum Gasteiger partial charge on any atom is 0.338 e. The van der Waals surface area contributed by atoms with Crippen molar-refractivity contribution in [2.45, 2.75) is 32.6 Å². The summed E-state index contributed by atoms with van der Waals surface area (Å²) in [4.78, 5) is 24.5. The molecule has 0 aromatic heterocycles. The summed E-state index contributed by atoms with van der Waals surface area (Å²) in [7, 11) is 3.05. The fourth-order valence-electron chi connectivity index (χ4n) is 2.65. The second-order valence-electron chi connectivity index (χ2n) is 6.30. The largest absolute Gasteiger partial charge is 0.493 e. The molecule has 28 heavy (non-hydrogen) atoms. The van der Waals surface area contributed by atoms with Crippen LogP contribution in [0.4, 0.5) is 5.69 Å². The lowest BCUT2D eigenvalue weighted by Gasteiger charge is -2.10. The summed E-state index contributed by atoms with van der Waals surface area (Å²) in [6.45, 7) is 2.56. The first kappa shape index (κ1) is 21.3. The summed E-state index contributed by atoms with van der Waals surface area (Å²) >= 11 is 0. The van der Waals surface area contributed by atoms with Gasteiger partial charge in [-0.2, -0.15) is 0 Å². The lowest BCUT2D eigenvalue weighted by atomic mass is 10.1. The van der Waals surface area contributed by atoms with Gasteiger partial charge in [0.25, 0.3) is 5.91 Å². The molecule has 0 spiro atoms. The van der Waals surface area contributed by atoms with Gasteiger partial charge in [0.1, 0.15) is 0 Å². The summed E-state index contributed by atoms with van der Waals surface area (Å²) < 4.78 is 15.6. The average molecular weight is 385 g/mol. The highest BCUT2D eigenvalue weighted by Crippen LogP contribution is 2.27. The Bertz CT molecular complexity index is 786. The van der Waals surface area contributed by atoms with Gasteiger partial charge >= 0.3 is 5.97 Å². The van der Waals surface area contributed by atoms with Crippen molar-refractivity contribution >= 4 is 17.6 Å². The van der Waals surface area contributed by atoms with E-state index in [0.29, 0.717) is 34.9 Å². The van der Waals surface area contributed by atoms with Crippen LogP contribution in [0.2, 0.25) is 0 Å². The molecule has 0 aliphatic rings. The molecule has 0 heterocycles. The van der Waals surface area contributed by atoms with Gasteiger partial charge in [-0.05, 0) is 48.9 Å². The van der Waals surface area contributed by atoms with E-state index in [1.54, 1.807) is 42.5 Å². The first-order valence-corrected chi connectivity index (χ1v) is 9.39. The SMILES string of the molecule is CCCCCCOC(=O)c1ccc(NC(=O)c2ccc(OC)c(OC)c2)cc1. The molecule has 0 aliphatic carbocycles. The Morgan fingerprint density at radius 1 is 0.857 bits per heavy atom. The lowest BCUT2D eigenvalue weighted by Crippen LogP contribution is -2.12. The molecule has 0 unspecified atom stereocenters. The van der Waals surface area contributed by atoms with E-state index in [4.69, 9.17) is 14.2 Å². The molecule has 0 saturated carbocycles. The summed E-state index contributed by atoms with van der Waals surface area (Å²) in [6.07, 6.45) is 4.22. The van der Waals surface area contributed by atoms with E-state index in [1.807, 2.05) is 0 Å². The van der Waals surface area contributed by atoms with Crippen molar-refractivity contribution in [2.75, 3.05) is 26.1 Å². The van der Waals surface area contributed by atoms with Crippen molar-refractivity contribution in [1.29, 1.82) is 0 Å². The Hall–Kier alpha value is -3.02. The predicted molar refractivity (Wildman–Crippen MR) is 108 cm³/mol. The number of unbranched alkanes of at least 4 members (excludes halogenated alkanes) is 3. The molecular formula is C22H27NO5. The Labute approximate surface area is 165 Å². The van der Waals surface area contributed by atoms with Crippen molar-refractivity contribution in [3.8, 4) is 11.5 Å². The fourth-order valence-corrected chi connectivity index (χ4v) is 2.65. The number of anilines is 1. The molecule has 1 N–H and O–H groups in total. The third-order valence-electron chi connectivity index (χ3n) is 4.26. The minimum absolute atomic E-state index is 0.285. The molecule has 2 rings (SSSR count). The maximum atomic E-state index is 12.4. The predicted octanol–water partition coefficient (Wildman–Crippen LogP) is 4.69. The summed E-state index contributed by atoms with van der Waals surface area (Å²) in [6, 6.07) is 11.6. The molecule has 6 heteroatoms. The van der Waals surface area contributed by atoms with Crippen LogP contribution in [0.1, 0.15) is 53.3 Å². The zero-order valence-corrected chi connectivity index (χ0v) is 16.6. The average Bonchev–Trinajstić information content (AvgIpc) is 2.73. The molecule has 0 bridgehead atoms. The smallest absolute Gasteiger partial charge is 0.338 e. The van der Waals surface area contributed by atoms with Crippen molar-refractivity contribution < 1.29 is 23.8 Å². The van der Waals surface area contributed by atoms with Gasteiger partial charge in [0.2, 0.25) is 0 Å². The molecule has 1 amide bonds. The van der Waals surface area contributed by atoms with Crippen molar-refractivity contribution in [2.24, 2.45) is 0 Å². The topological polar surface area (TPSA) is 73.9 Å².